The lowest BCUT2D eigenvalue weighted by molar-refractivity contribution is -0.140. The fourth-order valence-electron chi connectivity index (χ4n) is 5.93. The van der Waals surface area contributed by atoms with E-state index in [1.54, 1.807) is 12.3 Å². The molecule has 2 atom stereocenters. The van der Waals surface area contributed by atoms with Crippen molar-refractivity contribution in [2.45, 2.75) is 84.8 Å². The summed E-state index contributed by atoms with van der Waals surface area (Å²) >= 11 is -1.08. The van der Waals surface area contributed by atoms with Gasteiger partial charge in [0.15, 0.2) is 13.2 Å². The van der Waals surface area contributed by atoms with E-state index >= 15 is 0 Å². The van der Waals surface area contributed by atoms with Crippen LogP contribution in [0, 0.1) is 31.0 Å². The Balaban J connectivity index is 1.84. The van der Waals surface area contributed by atoms with Gasteiger partial charge in [-0.05, 0) is 161 Å². The number of benzene rings is 3. The number of carbonyl (C=O) groups is 1. The van der Waals surface area contributed by atoms with Crippen LogP contribution in [0.5, 0.6) is 5.75 Å². The zero-order valence-electron chi connectivity index (χ0n) is 29.3. The second-order valence-corrected chi connectivity index (χ2v) is 21.0. The van der Waals surface area contributed by atoms with Gasteiger partial charge in [0, 0.05) is 6.61 Å². The number of allylic oxidation sites excluding steroid dienone is 2. The second-order valence-electron chi connectivity index (χ2n) is 14.8. The van der Waals surface area contributed by atoms with Crippen LogP contribution in [-0.4, -0.2) is 31.7 Å². The van der Waals surface area contributed by atoms with E-state index in [9.17, 15) is 13.7 Å². The van der Waals surface area contributed by atoms with Crippen molar-refractivity contribution in [1.29, 1.82) is 0 Å². The maximum atomic E-state index is 15.0. The fourth-order valence-corrected chi connectivity index (χ4v) is 7.49. The Morgan fingerprint density at radius 2 is 1.54 bits per heavy atom. The van der Waals surface area contributed by atoms with E-state index in [2.05, 4.69) is 53.8 Å². The average Bonchev–Trinajstić information content (AvgIpc) is 3.17. The van der Waals surface area contributed by atoms with Crippen molar-refractivity contribution < 1.29 is 22.9 Å². The van der Waals surface area contributed by atoms with Gasteiger partial charge in [-0.15, -0.1) is 0 Å². The SMILES string of the molecule is CC1=C(C(C(=O)Oc2cc(C)cc(C)c2)C(C)(C)CCO[Si](C)(C)C(C)(C)C)c2cc(F)ccc2C1=Cc1ccc([S+](C)[O-])cc1. The second kappa shape index (κ2) is 13.6. The molecule has 46 heavy (non-hydrogen) atoms. The van der Waals surface area contributed by atoms with Crippen LogP contribution >= 0.6 is 0 Å². The van der Waals surface area contributed by atoms with Gasteiger partial charge in [-0.1, -0.05) is 46.8 Å². The molecule has 4 rings (SSSR count). The van der Waals surface area contributed by atoms with Gasteiger partial charge in [0.25, 0.3) is 0 Å². The van der Waals surface area contributed by atoms with E-state index < -0.39 is 30.8 Å². The number of rotatable bonds is 10. The third kappa shape index (κ3) is 7.93. The lowest BCUT2D eigenvalue weighted by atomic mass is 9.70. The summed E-state index contributed by atoms with van der Waals surface area (Å²) in [4.78, 5) is 15.2. The van der Waals surface area contributed by atoms with Crippen LogP contribution in [-0.2, 0) is 20.4 Å². The van der Waals surface area contributed by atoms with Gasteiger partial charge < -0.3 is 13.7 Å². The molecule has 1 aliphatic rings. The number of esters is 1. The standard InChI is InChI=1S/C39H49FO4SSi/c1-25-20-26(2)22-30(21-25)44-37(41)36(39(7,8)18-19-43-46(10,11)38(4,5)6)35-27(3)33(32-17-14-29(40)24-34(32)35)23-28-12-15-31(16-13-28)45(9)42/h12-17,20-24,36H,18-19H2,1-11H3. The first-order chi connectivity index (χ1) is 21.3. The van der Waals surface area contributed by atoms with Gasteiger partial charge in [0.2, 0.25) is 0 Å². The summed E-state index contributed by atoms with van der Waals surface area (Å²) in [5, 5.41) is 0.0591. The van der Waals surface area contributed by atoms with Crippen LogP contribution in [0.25, 0.3) is 17.2 Å². The monoisotopic (exact) mass is 660 g/mol. The Morgan fingerprint density at radius 1 is 0.935 bits per heavy atom. The van der Waals surface area contributed by atoms with E-state index in [0.29, 0.717) is 24.3 Å². The van der Waals surface area contributed by atoms with E-state index in [1.165, 1.54) is 12.1 Å². The van der Waals surface area contributed by atoms with Crippen molar-refractivity contribution in [1.82, 2.24) is 0 Å². The topological polar surface area (TPSA) is 58.6 Å². The number of fused-ring (bicyclic) bond motifs is 1. The molecular weight excluding hydrogens is 612 g/mol. The Kier molecular flexibility index (Phi) is 10.6. The van der Waals surface area contributed by atoms with Gasteiger partial charge in [-0.3, -0.25) is 4.79 Å². The Bertz CT molecular complexity index is 1640. The van der Waals surface area contributed by atoms with Crippen molar-refractivity contribution >= 4 is 42.7 Å². The van der Waals surface area contributed by atoms with Crippen LogP contribution in [0.1, 0.15) is 75.8 Å². The molecule has 0 bridgehead atoms. The maximum absolute atomic E-state index is 15.0. The Morgan fingerprint density at radius 3 is 2.11 bits per heavy atom. The molecule has 0 spiro atoms. The minimum atomic E-state index is -2.02. The quantitative estimate of drug-likeness (QED) is 0.0940. The summed E-state index contributed by atoms with van der Waals surface area (Å²) < 4.78 is 39.7. The summed E-state index contributed by atoms with van der Waals surface area (Å²) in [6.45, 7) is 21.8. The molecule has 0 saturated heterocycles. The molecular formula is C39H49FO4SSi. The molecule has 0 heterocycles. The molecule has 0 fully saturated rings. The van der Waals surface area contributed by atoms with E-state index in [-0.39, 0.29) is 16.8 Å². The first-order valence-corrected chi connectivity index (χ1v) is 20.4. The highest BCUT2D eigenvalue weighted by atomic mass is 32.2. The average molecular weight is 661 g/mol. The molecule has 0 aromatic heterocycles. The van der Waals surface area contributed by atoms with Crippen molar-refractivity contribution in [2.75, 3.05) is 12.9 Å². The summed E-state index contributed by atoms with van der Waals surface area (Å²) in [7, 11) is -2.02. The molecule has 0 radical (unpaired) electrons. The molecule has 1 aliphatic carbocycles. The van der Waals surface area contributed by atoms with E-state index in [1.807, 2.05) is 63.2 Å². The molecule has 3 aromatic carbocycles. The maximum Gasteiger partial charge on any atom is 0.319 e. The number of aryl methyl sites for hydroxylation is 2. The number of halogens is 1. The minimum Gasteiger partial charge on any atom is -0.612 e. The van der Waals surface area contributed by atoms with Crippen LogP contribution in [0.15, 0.2) is 71.1 Å². The van der Waals surface area contributed by atoms with Gasteiger partial charge >= 0.3 is 5.97 Å². The number of carbonyl (C=O) groups excluding carboxylic acids is 1. The lowest BCUT2D eigenvalue weighted by Gasteiger charge is -2.39. The van der Waals surface area contributed by atoms with Crippen LogP contribution in [0.2, 0.25) is 18.1 Å². The number of hydrogen-bond acceptors (Lipinski definition) is 4. The van der Waals surface area contributed by atoms with Gasteiger partial charge in [-0.2, -0.15) is 0 Å². The molecule has 0 saturated carbocycles. The smallest absolute Gasteiger partial charge is 0.319 e. The zero-order chi connectivity index (χ0) is 34.2. The van der Waals surface area contributed by atoms with Crippen molar-refractivity contribution in [3.8, 4) is 5.75 Å². The van der Waals surface area contributed by atoms with Crippen LogP contribution < -0.4 is 4.74 Å². The van der Waals surface area contributed by atoms with Gasteiger partial charge in [-0.25, -0.2) is 4.39 Å². The molecule has 0 aliphatic heterocycles. The summed E-state index contributed by atoms with van der Waals surface area (Å²) in [6.07, 6.45) is 4.33. The highest BCUT2D eigenvalue weighted by molar-refractivity contribution is 7.90. The predicted molar refractivity (Wildman–Crippen MR) is 192 cm³/mol. The summed E-state index contributed by atoms with van der Waals surface area (Å²) in [5.74, 6) is -0.933. The van der Waals surface area contributed by atoms with E-state index in [4.69, 9.17) is 9.16 Å². The molecule has 4 nitrogen and oxygen atoms in total. The fraction of sp³-hybridized carbons (Fsp3) is 0.410. The Labute approximate surface area is 279 Å². The highest BCUT2D eigenvalue weighted by Gasteiger charge is 2.44. The third-order valence-corrected chi connectivity index (χ3v) is 15.1. The van der Waals surface area contributed by atoms with Gasteiger partial charge in [0.05, 0.1) is 5.92 Å². The zero-order valence-corrected chi connectivity index (χ0v) is 31.1. The molecule has 0 amide bonds. The summed E-state index contributed by atoms with van der Waals surface area (Å²) in [6, 6.07) is 18.2. The third-order valence-electron chi connectivity index (χ3n) is 9.63. The van der Waals surface area contributed by atoms with E-state index in [0.717, 1.165) is 43.9 Å². The van der Waals surface area contributed by atoms with Crippen LogP contribution in [0.4, 0.5) is 4.39 Å². The first-order valence-electron chi connectivity index (χ1n) is 15.9. The van der Waals surface area contributed by atoms with Crippen molar-refractivity contribution in [2.24, 2.45) is 11.3 Å². The predicted octanol–water partition coefficient (Wildman–Crippen LogP) is 10.2. The number of ether oxygens (including phenoxy) is 1. The van der Waals surface area contributed by atoms with Crippen molar-refractivity contribution in [3.05, 3.63) is 99.9 Å². The van der Waals surface area contributed by atoms with Gasteiger partial charge in [0.1, 0.15) is 17.8 Å². The van der Waals surface area contributed by atoms with Crippen LogP contribution in [0.3, 0.4) is 0 Å². The number of hydrogen-bond donors (Lipinski definition) is 0. The Hall–Kier alpha value is -2.97. The molecule has 0 N–H and O–H groups in total. The highest BCUT2D eigenvalue weighted by Crippen LogP contribution is 2.51. The molecule has 7 heteroatoms. The first kappa shape index (κ1) is 35.9. The minimum absolute atomic E-state index is 0.0591. The largest absolute Gasteiger partial charge is 0.612 e. The summed E-state index contributed by atoms with van der Waals surface area (Å²) in [5.41, 5.74) is 6.53. The molecule has 246 valence electrons. The molecule has 2 unspecified atom stereocenters. The normalized spacial score (nSPS) is 16.1. The molecule has 3 aromatic rings. The lowest BCUT2D eigenvalue weighted by Crippen LogP contribution is -2.42. The van der Waals surface area contributed by atoms with Crippen molar-refractivity contribution in [3.63, 3.8) is 0 Å².